The van der Waals surface area contributed by atoms with Crippen LogP contribution in [0, 0.1) is 0 Å². The molecule has 0 aromatic rings. The minimum Gasteiger partial charge on any atom is -0.352 e. The fourth-order valence-corrected chi connectivity index (χ4v) is 3.20. The monoisotopic (exact) mass is 302 g/mol. The first kappa shape index (κ1) is 15.2. The van der Waals surface area contributed by atoms with Gasteiger partial charge in [-0.05, 0) is 31.4 Å². The first-order valence-corrected chi connectivity index (χ1v) is 8.15. The Morgan fingerprint density at radius 3 is 2.82 bits per heavy atom. The Bertz CT molecular complexity index is 573. The van der Waals surface area contributed by atoms with Gasteiger partial charge in [-0.25, -0.2) is 5.06 Å². The van der Waals surface area contributed by atoms with Gasteiger partial charge < -0.3 is 9.80 Å². The lowest BCUT2D eigenvalue weighted by Crippen LogP contribution is -2.42. The van der Waals surface area contributed by atoms with E-state index in [0.717, 1.165) is 31.2 Å². The Hall–Kier alpha value is -1.75. The zero-order valence-corrected chi connectivity index (χ0v) is 14.1. The number of fused-ring (bicyclic) bond motifs is 2. The van der Waals surface area contributed by atoms with Gasteiger partial charge in [0, 0.05) is 13.1 Å². The van der Waals surface area contributed by atoms with Crippen LogP contribution in [0.5, 0.6) is 0 Å². The Morgan fingerprint density at radius 1 is 1.27 bits per heavy atom. The fraction of sp³-hybridized carbons (Fsp3) is 0.588. The molecular weight excluding hydrogens is 276 g/mol. The summed E-state index contributed by atoms with van der Waals surface area (Å²) < 4.78 is 0. The summed E-state index contributed by atoms with van der Waals surface area (Å²) in [4.78, 5) is 14.9. The van der Waals surface area contributed by atoms with Crippen LogP contribution in [0.25, 0.3) is 0 Å². The lowest BCUT2D eigenvalue weighted by molar-refractivity contribution is -0.0971. The highest BCUT2D eigenvalue weighted by Crippen LogP contribution is 2.36. The standard InChI is InChI=1S/C17H26N4O/c1-5-6-7-8-19-10-13(2)14(3)16-17(19)21-12-20(22-4)11-15(21)9-18-16/h9,11H,5-8,10,12H2,1-4H3. The van der Waals surface area contributed by atoms with Crippen LogP contribution in [0.4, 0.5) is 0 Å². The molecule has 0 radical (unpaired) electrons. The maximum absolute atomic E-state index is 5.37. The highest BCUT2D eigenvalue weighted by Gasteiger charge is 2.34. The van der Waals surface area contributed by atoms with Crippen molar-refractivity contribution in [1.29, 1.82) is 0 Å². The first-order valence-electron chi connectivity index (χ1n) is 8.15. The third kappa shape index (κ3) is 2.54. The molecule has 3 aliphatic rings. The second-order valence-electron chi connectivity index (χ2n) is 6.19. The molecule has 0 amide bonds. The van der Waals surface area contributed by atoms with Gasteiger partial charge >= 0.3 is 0 Å². The molecule has 0 aromatic heterocycles. The van der Waals surface area contributed by atoms with E-state index in [1.165, 1.54) is 36.2 Å². The van der Waals surface area contributed by atoms with Crippen molar-refractivity contribution in [3.8, 4) is 0 Å². The predicted octanol–water partition coefficient (Wildman–Crippen LogP) is 3.06. The van der Waals surface area contributed by atoms with Crippen molar-refractivity contribution in [3.05, 3.63) is 34.6 Å². The van der Waals surface area contributed by atoms with Crippen molar-refractivity contribution in [1.82, 2.24) is 14.9 Å². The highest BCUT2D eigenvalue weighted by molar-refractivity contribution is 5.82. The molecule has 0 spiro atoms. The zero-order valence-electron chi connectivity index (χ0n) is 14.1. The molecule has 0 aliphatic carbocycles. The van der Waals surface area contributed by atoms with E-state index in [0.29, 0.717) is 0 Å². The van der Waals surface area contributed by atoms with Gasteiger partial charge in [0.05, 0.1) is 25.2 Å². The molecule has 3 aliphatic heterocycles. The highest BCUT2D eigenvalue weighted by atomic mass is 16.7. The Morgan fingerprint density at radius 2 is 2.09 bits per heavy atom. The van der Waals surface area contributed by atoms with Crippen LogP contribution < -0.4 is 0 Å². The van der Waals surface area contributed by atoms with E-state index in [9.17, 15) is 0 Å². The van der Waals surface area contributed by atoms with Gasteiger partial charge in [0.2, 0.25) is 0 Å². The summed E-state index contributed by atoms with van der Waals surface area (Å²) in [5.74, 6) is 1.24. The largest absolute Gasteiger partial charge is 0.352 e. The third-order valence-electron chi connectivity index (χ3n) is 4.65. The van der Waals surface area contributed by atoms with E-state index in [-0.39, 0.29) is 0 Å². The van der Waals surface area contributed by atoms with Crippen molar-refractivity contribution < 1.29 is 4.84 Å². The molecule has 22 heavy (non-hydrogen) atoms. The topological polar surface area (TPSA) is 31.3 Å². The van der Waals surface area contributed by atoms with E-state index in [4.69, 9.17) is 9.83 Å². The lowest BCUT2D eigenvalue weighted by Gasteiger charge is -2.40. The molecule has 0 aromatic carbocycles. The average molecular weight is 302 g/mol. The Labute approximate surface area is 133 Å². The van der Waals surface area contributed by atoms with Gasteiger partial charge in [-0.2, -0.15) is 0 Å². The second-order valence-corrected chi connectivity index (χ2v) is 6.19. The molecule has 0 saturated carbocycles. The van der Waals surface area contributed by atoms with Crippen molar-refractivity contribution in [2.45, 2.75) is 40.0 Å². The van der Waals surface area contributed by atoms with E-state index >= 15 is 0 Å². The normalized spacial score (nSPS) is 20.7. The summed E-state index contributed by atoms with van der Waals surface area (Å²) in [6.07, 6.45) is 7.71. The second kappa shape index (κ2) is 6.16. The SMILES string of the molecule is CCCCCN1CC(C)=C(C)C2=C1N1CN(OC)C=C1C=N2. The van der Waals surface area contributed by atoms with Crippen LogP contribution in [0.3, 0.4) is 0 Å². The number of hydrogen-bond donors (Lipinski definition) is 0. The van der Waals surface area contributed by atoms with Crippen LogP contribution in [0.1, 0.15) is 40.0 Å². The number of hydroxylamine groups is 2. The van der Waals surface area contributed by atoms with Crippen molar-refractivity contribution in [3.63, 3.8) is 0 Å². The molecule has 0 N–H and O–H groups in total. The van der Waals surface area contributed by atoms with Crippen LogP contribution in [0.2, 0.25) is 0 Å². The molecule has 5 heteroatoms. The number of rotatable bonds is 5. The number of unbranched alkanes of at least 4 members (excludes halogenated alkanes) is 2. The maximum atomic E-state index is 5.37. The van der Waals surface area contributed by atoms with Gasteiger partial charge in [0.15, 0.2) is 0 Å². The number of aliphatic imine (C=N–C) groups is 1. The molecule has 5 nitrogen and oxygen atoms in total. The average Bonchev–Trinajstić information content (AvgIpc) is 2.95. The summed E-state index contributed by atoms with van der Waals surface area (Å²) in [5, 5.41) is 1.85. The first-order chi connectivity index (χ1) is 10.7. The minimum atomic E-state index is 0.729. The van der Waals surface area contributed by atoms with E-state index < -0.39 is 0 Å². The van der Waals surface area contributed by atoms with Crippen LogP contribution in [0.15, 0.2) is 39.6 Å². The molecular formula is C17H26N4O. The summed E-state index contributed by atoms with van der Waals surface area (Å²) >= 11 is 0. The quantitative estimate of drug-likeness (QED) is 0.731. The molecule has 3 heterocycles. The van der Waals surface area contributed by atoms with Gasteiger partial charge in [0.25, 0.3) is 0 Å². The summed E-state index contributed by atoms with van der Waals surface area (Å²) in [5.41, 5.74) is 4.96. The molecule has 0 saturated heterocycles. The maximum Gasteiger partial charge on any atom is 0.137 e. The molecule has 120 valence electrons. The van der Waals surface area contributed by atoms with Gasteiger partial charge in [0.1, 0.15) is 18.2 Å². The van der Waals surface area contributed by atoms with Gasteiger partial charge in [-0.15, -0.1) is 0 Å². The summed E-state index contributed by atoms with van der Waals surface area (Å²) in [6, 6.07) is 0. The van der Waals surface area contributed by atoms with E-state index in [2.05, 4.69) is 30.6 Å². The van der Waals surface area contributed by atoms with Crippen LogP contribution in [-0.2, 0) is 4.84 Å². The summed E-state index contributed by atoms with van der Waals surface area (Å²) in [6.45, 7) is 9.47. The Kier molecular flexibility index (Phi) is 4.25. The van der Waals surface area contributed by atoms with E-state index in [1.807, 2.05) is 17.5 Å². The minimum absolute atomic E-state index is 0.729. The number of allylic oxidation sites excluding steroid dienone is 2. The van der Waals surface area contributed by atoms with Crippen molar-refractivity contribution in [2.24, 2.45) is 4.99 Å². The number of hydrogen-bond acceptors (Lipinski definition) is 5. The molecule has 0 atom stereocenters. The van der Waals surface area contributed by atoms with Gasteiger partial charge in [-0.1, -0.05) is 19.8 Å². The third-order valence-corrected chi connectivity index (χ3v) is 4.65. The molecule has 0 fully saturated rings. The van der Waals surface area contributed by atoms with Crippen LogP contribution in [-0.4, -0.2) is 47.9 Å². The van der Waals surface area contributed by atoms with Crippen molar-refractivity contribution in [2.75, 3.05) is 26.9 Å². The van der Waals surface area contributed by atoms with Gasteiger partial charge in [-0.3, -0.25) is 9.83 Å². The zero-order chi connectivity index (χ0) is 15.7. The van der Waals surface area contributed by atoms with Crippen molar-refractivity contribution >= 4 is 6.21 Å². The number of nitrogens with zero attached hydrogens (tertiary/aromatic N) is 4. The fourth-order valence-electron chi connectivity index (χ4n) is 3.20. The molecule has 3 rings (SSSR count). The summed E-state index contributed by atoms with van der Waals surface area (Å²) in [7, 11) is 1.71. The lowest BCUT2D eigenvalue weighted by atomic mass is 10.0. The molecule has 0 bridgehead atoms. The smallest absolute Gasteiger partial charge is 0.137 e. The van der Waals surface area contributed by atoms with E-state index in [1.54, 1.807) is 7.11 Å². The molecule has 0 unspecified atom stereocenters. The predicted molar refractivity (Wildman–Crippen MR) is 88.6 cm³/mol. The van der Waals surface area contributed by atoms with Crippen LogP contribution >= 0.6 is 0 Å². The Balaban J connectivity index is 1.91.